The summed E-state index contributed by atoms with van der Waals surface area (Å²) in [5.74, 6) is 0.379. The van der Waals surface area contributed by atoms with Gasteiger partial charge in [0.05, 0.1) is 13.2 Å². The number of anilines is 3. The van der Waals surface area contributed by atoms with E-state index >= 15 is 0 Å². The van der Waals surface area contributed by atoms with Gasteiger partial charge in [-0.1, -0.05) is 37.6 Å². The third-order valence-electron chi connectivity index (χ3n) is 5.86. The lowest BCUT2D eigenvalue weighted by atomic mass is 10.1. The Morgan fingerprint density at radius 3 is 2.50 bits per heavy atom. The van der Waals surface area contributed by atoms with E-state index in [1.54, 1.807) is 12.1 Å². The molecule has 0 atom stereocenters. The average Bonchev–Trinajstić information content (AvgIpc) is 3.32. The number of hydrazine groups is 1. The lowest BCUT2D eigenvalue weighted by molar-refractivity contribution is 0.0272. The van der Waals surface area contributed by atoms with Crippen LogP contribution in [0.4, 0.5) is 22.1 Å². The van der Waals surface area contributed by atoms with Crippen LogP contribution in [0, 0.1) is 0 Å². The first-order chi connectivity index (χ1) is 17.1. The maximum atomic E-state index is 13.1. The first kappa shape index (κ1) is 27.3. The standard InChI is InChI=1S/C26H41N7O3/c1-6-7-15-35-24-29-22(28)21(27)23(30-24)33(31(5)25(34)36-26(2,3)4)18-20-12-10-11-19(16-20)17-32-13-8-9-14-32/h10-12,16H,6-9,13-15,17-18,27H2,1-5H3,(H2,28,29,30). The van der Waals surface area contributed by atoms with E-state index in [9.17, 15) is 4.79 Å². The second kappa shape index (κ2) is 12.1. The second-order valence-corrected chi connectivity index (χ2v) is 10.2. The lowest BCUT2D eigenvalue weighted by Gasteiger charge is -2.35. The highest BCUT2D eigenvalue weighted by Crippen LogP contribution is 2.30. The van der Waals surface area contributed by atoms with Crippen molar-refractivity contribution >= 4 is 23.4 Å². The molecule has 0 bridgehead atoms. The number of carbonyl (C=O) groups excluding carboxylic acids is 1. The molecule has 1 fully saturated rings. The van der Waals surface area contributed by atoms with Crippen LogP contribution in [0.5, 0.6) is 6.01 Å². The quantitative estimate of drug-likeness (QED) is 0.365. The lowest BCUT2D eigenvalue weighted by Crippen LogP contribution is -2.46. The minimum Gasteiger partial charge on any atom is -0.463 e. The van der Waals surface area contributed by atoms with Crippen LogP contribution in [0.25, 0.3) is 0 Å². The van der Waals surface area contributed by atoms with Crippen LogP contribution >= 0.6 is 0 Å². The summed E-state index contributed by atoms with van der Waals surface area (Å²) in [7, 11) is 1.62. The minimum atomic E-state index is -0.669. The number of nitrogens with two attached hydrogens (primary N) is 2. The van der Waals surface area contributed by atoms with Crippen molar-refractivity contribution in [3.05, 3.63) is 35.4 Å². The summed E-state index contributed by atoms with van der Waals surface area (Å²) in [6, 6.07) is 8.44. The minimum absolute atomic E-state index is 0.0943. The molecule has 3 rings (SSSR count). The van der Waals surface area contributed by atoms with E-state index in [1.165, 1.54) is 23.4 Å². The van der Waals surface area contributed by atoms with Crippen LogP contribution in [0.15, 0.2) is 24.3 Å². The summed E-state index contributed by atoms with van der Waals surface area (Å²) in [6.07, 6.45) is 3.77. The molecule has 1 aliphatic heterocycles. The molecule has 1 aromatic heterocycles. The molecule has 1 amide bonds. The molecular formula is C26H41N7O3. The molecule has 0 spiro atoms. The monoisotopic (exact) mass is 499 g/mol. The number of unbranched alkanes of at least 4 members (excludes halogenated alkanes) is 1. The number of rotatable bonds is 10. The van der Waals surface area contributed by atoms with Crippen molar-refractivity contribution in [2.75, 3.05) is 43.2 Å². The van der Waals surface area contributed by atoms with E-state index < -0.39 is 11.7 Å². The molecule has 198 valence electrons. The number of nitrogens with zero attached hydrogens (tertiary/aromatic N) is 5. The average molecular weight is 500 g/mol. The smallest absolute Gasteiger partial charge is 0.429 e. The summed E-state index contributed by atoms with van der Waals surface area (Å²) in [4.78, 5) is 24.2. The second-order valence-electron chi connectivity index (χ2n) is 10.2. The van der Waals surface area contributed by atoms with Crippen LogP contribution < -0.4 is 21.2 Å². The zero-order valence-corrected chi connectivity index (χ0v) is 22.3. The molecule has 10 nitrogen and oxygen atoms in total. The Balaban J connectivity index is 1.94. The molecule has 0 saturated carbocycles. The Kier molecular flexibility index (Phi) is 9.19. The fourth-order valence-corrected chi connectivity index (χ4v) is 3.97. The highest BCUT2D eigenvalue weighted by Gasteiger charge is 2.28. The summed E-state index contributed by atoms with van der Waals surface area (Å²) in [5.41, 5.74) is 14.2. The molecule has 0 radical (unpaired) electrons. The predicted octanol–water partition coefficient (Wildman–Crippen LogP) is 4.20. The molecular weight excluding hydrogens is 458 g/mol. The first-order valence-electron chi connectivity index (χ1n) is 12.7. The molecule has 2 aromatic rings. The van der Waals surface area contributed by atoms with Gasteiger partial charge in [0, 0.05) is 13.6 Å². The van der Waals surface area contributed by atoms with Gasteiger partial charge >= 0.3 is 12.1 Å². The van der Waals surface area contributed by atoms with Crippen molar-refractivity contribution in [1.29, 1.82) is 0 Å². The highest BCUT2D eigenvalue weighted by molar-refractivity contribution is 5.77. The van der Waals surface area contributed by atoms with Gasteiger partial charge in [0.2, 0.25) is 0 Å². The van der Waals surface area contributed by atoms with Gasteiger partial charge in [-0.3, -0.25) is 9.91 Å². The number of hydrogen-bond acceptors (Lipinski definition) is 9. The van der Waals surface area contributed by atoms with Gasteiger partial charge in [0.1, 0.15) is 11.3 Å². The number of amides is 1. The number of ether oxygens (including phenoxy) is 2. The molecule has 1 aliphatic rings. The summed E-state index contributed by atoms with van der Waals surface area (Å²) in [5, 5.41) is 3.02. The van der Waals surface area contributed by atoms with Crippen LogP contribution in [-0.2, 0) is 17.8 Å². The van der Waals surface area contributed by atoms with Crippen molar-refractivity contribution in [1.82, 2.24) is 19.9 Å². The number of nitrogen functional groups attached to an aromatic ring is 2. The van der Waals surface area contributed by atoms with E-state index in [2.05, 4.69) is 33.9 Å². The largest absolute Gasteiger partial charge is 0.463 e. The van der Waals surface area contributed by atoms with Crippen molar-refractivity contribution in [3.63, 3.8) is 0 Å². The van der Waals surface area contributed by atoms with Crippen LogP contribution in [-0.4, -0.2) is 58.3 Å². The van der Waals surface area contributed by atoms with Crippen LogP contribution in [0.3, 0.4) is 0 Å². The molecule has 2 heterocycles. The molecule has 10 heteroatoms. The number of hydrogen-bond donors (Lipinski definition) is 2. The maximum Gasteiger partial charge on any atom is 0.429 e. The molecule has 0 unspecified atom stereocenters. The Hall–Kier alpha value is -3.27. The summed E-state index contributed by atoms with van der Waals surface area (Å²) >= 11 is 0. The van der Waals surface area contributed by atoms with Gasteiger partial charge < -0.3 is 20.9 Å². The van der Waals surface area contributed by atoms with Crippen LogP contribution in [0.2, 0.25) is 0 Å². The molecule has 0 aliphatic carbocycles. The van der Waals surface area contributed by atoms with Crippen molar-refractivity contribution in [2.45, 2.75) is 72.1 Å². The van der Waals surface area contributed by atoms with Gasteiger partial charge in [-0.25, -0.2) is 9.80 Å². The van der Waals surface area contributed by atoms with Gasteiger partial charge in [-0.2, -0.15) is 9.97 Å². The Morgan fingerprint density at radius 2 is 1.83 bits per heavy atom. The maximum absolute atomic E-state index is 13.1. The number of aromatic nitrogens is 2. The zero-order chi connectivity index (χ0) is 26.3. The van der Waals surface area contributed by atoms with E-state index in [-0.39, 0.29) is 23.3 Å². The van der Waals surface area contributed by atoms with Crippen LogP contribution in [0.1, 0.15) is 64.5 Å². The zero-order valence-electron chi connectivity index (χ0n) is 22.3. The fraction of sp³-hybridized carbons (Fsp3) is 0.577. The first-order valence-corrected chi connectivity index (χ1v) is 12.7. The third-order valence-corrected chi connectivity index (χ3v) is 5.86. The fourth-order valence-electron chi connectivity index (χ4n) is 3.97. The van der Waals surface area contributed by atoms with Gasteiger partial charge in [-0.15, -0.1) is 0 Å². The SMILES string of the molecule is CCCCOc1nc(N)c(N)c(N(Cc2cccc(CN3CCCC3)c2)N(C)C(=O)OC(C)(C)C)n1. The Labute approximate surface area is 214 Å². The third kappa shape index (κ3) is 7.61. The Morgan fingerprint density at radius 1 is 1.14 bits per heavy atom. The molecule has 4 N–H and O–H groups in total. The number of likely N-dealkylation sites (tertiary alicyclic amines) is 1. The number of carbonyl (C=O) groups is 1. The molecule has 1 saturated heterocycles. The van der Waals surface area contributed by atoms with E-state index in [0.29, 0.717) is 13.2 Å². The van der Waals surface area contributed by atoms with Crippen molar-refractivity contribution in [2.24, 2.45) is 0 Å². The Bertz CT molecular complexity index is 1020. The van der Waals surface area contributed by atoms with E-state index in [0.717, 1.165) is 38.0 Å². The van der Waals surface area contributed by atoms with Gasteiger partial charge in [0.15, 0.2) is 11.6 Å². The normalized spacial score (nSPS) is 14.0. The predicted molar refractivity (Wildman–Crippen MR) is 142 cm³/mol. The molecule has 1 aromatic carbocycles. The van der Waals surface area contributed by atoms with Crippen molar-refractivity contribution in [3.8, 4) is 6.01 Å². The highest BCUT2D eigenvalue weighted by atomic mass is 16.6. The number of benzene rings is 1. The van der Waals surface area contributed by atoms with E-state index in [1.807, 2.05) is 32.9 Å². The molecule has 36 heavy (non-hydrogen) atoms. The van der Waals surface area contributed by atoms with Crippen molar-refractivity contribution < 1.29 is 14.3 Å². The van der Waals surface area contributed by atoms with Gasteiger partial charge in [0.25, 0.3) is 0 Å². The summed E-state index contributed by atoms with van der Waals surface area (Å²) < 4.78 is 11.3. The topological polar surface area (TPSA) is 123 Å². The van der Waals surface area contributed by atoms with Gasteiger partial charge in [-0.05, 0) is 64.3 Å². The van der Waals surface area contributed by atoms with E-state index in [4.69, 9.17) is 20.9 Å². The summed E-state index contributed by atoms with van der Waals surface area (Å²) in [6.45, 7) is 11.4.